The zero-order chi connectivity index (χ0) is 15.0. The molecule has 0 saturated heterocycles. The highest BCUT2D eigenvalue weighted by Gasteiger charge is 2.16. The van der Waals surface area contributed by atoms with E-state index in [0.29, 0.717) is 30.4 Å². The second-order valence-electron chi connectivity index (χ2n) is 3.98. The molecule has 1 amide bonds. The van der Waals surface area contributed by atoms with E-state index in [9.17, 15) is 4.79 Å². The number of anilines is 1. The Kier molecular flexibility index (Phi) is 6.83. The summed E-state index contributed by atoms with van der Waals surface area (Å²) >= 11 is 0. The van der Waals surface area contributed by atoms with E-state index in [1.165, 1.54) is 7.11 Å². The first-order valence-corrected chi connectivity index (χ1v) is 6.59. The molecule has 1 unspecified atom stereocenters. The van der Waals surface area contributed by atoms with E-state index in [1.54, 1.807) is 18.2 Å². The standard InChI is InChI=1S/C14H22N2O4/c1-4-19-11-7-6-10(8-12(11)20-5-2)16-14(17)13(9-15)18-3/h6-8,13H,4-5,9,15H2,1-3H3,(H,16,17). The van der Waals surface area contributed by atoms with Gasteiger partial charge < -0.3 is 25.3 Å². The van der Waals surface area contributed by atoms with E-state index in [-0.39, 0.29) is 12.5 Å². The van der Waals surface area contributed by atoms with Crippen molar-refractivity contribution in [1.29, 1.82) is 0 Å². The van der Waals surface area contributed by atoms with Crippen molar-refractivity contribution in [3.8, 4) is 11.5 Å². The molecule has 0 heterocycles. The predicted molar refractivity (Wildman–Crippen MR) is 77.3 cm³/mol. The minimum Gasteiger partial charge on any atom is -0.490 e. The molecule has 1 rings (SSSR count). The van der Waals surface area contributed by atoms with Gasteiger partial charge in [-0.05, 0) is 26.0 Å². The van der Waals surface area contributed by atoms with Gasteiger partial charge in [0.2, 0.25) is 0 Å². The van der Waals surface area contributed by atoms with Gasteiger partial charge in [0.25, 0.3) is 5.91 Å². The lowest BCUT2D eigenvalue weighted by molar-refractivity contribution is -0.125. The maximum absolute atomic E-state index is 11.9. The van der Waals surface area contributed by atoms with E-state index >= 15 is 0 Å². The van der Waals surface area contributed by atoms with Crippen molar-refractivity contribution in [2.45, 2.75) is 20.0 Å². The number of carbonyl (C=O) groups is 1. The Bertz CT molecular complexity index is 433. The molecule has 6 heteroatoms. The van der Waals surface area contributed by atoms with Crippen molar-refractivity contribution in [1.82, 2.24) is 0 Å². The lowest BCUT2D eigenvalue weighted by atomic mass is 10.2. The Morgan fingerprint density at radius 3 is 2.45 bits per heavy atom. The summed E-state index contributed by atoms with van der Waals surface area (Å²) in [5.74, 6) is 0.949. The second-order valence-corrected chi connectivity index (χ2v) is 3.98. The van der Waals surface area contributed by atoms with Crippen molar-refractivity contribution in [2.24, 2.45) is 5.73 Å². The van der Waals surface area contributed by atoms with Gasteiger partial charge in [0.1, 0.15) is 6.10 Å². The predicted octanol–water partition coefficient (Wildman–Crippen LogP) is 1.40. The number of ether oxygens (including phenoxy) is 3. The summed E-state index contributed by atoms with van der Waals surface area (Å²) in [5.41, 5.74) is 6.06. The third-order valence-corrected chi connectivity index (χ3v) is 2.60. The lowest BCUT2D eigenvalue weighted by Crippen LogP contribution is -2.35. The van der Waals surface area contributed by atoms with Gasteiger partial charge in [-0.1, -0.05) is 0 Å². The smallest absolute Gasteiger partial charge is 0.254 e. The van der Waals surface area contributed by atoms with Gasteiger partial charge in [-0.15, -0.1) is 0 Å². The first-order valence-electron chi connectivity index (χ1n) is 6.59. The lowest BCUT2D eigenvalue weighted by Gasteiger charge is -2.15. The summed E-state index contributed by atoms with van der Waals surface area (Å²) in [5, 5.41) is 2.73. The van der Waals surface area contributed by atoms with Crippen LogP contribution >= 0.6 is 0 Å². The van der Waals surface area contributed by atoms with E-state index in [4.69, 9.17) is 19.9 Å². The average molecular weight is 282 g/mol. The molecule has 112 valence electrons. The number of nitrogens with one attached hydrogen (secondary N) is 1. The Morgan fingerprint density at radius 2 is 1.90 bits per heavy atom. The molecule has 1 atom stereocenters. The fourth-order valence-electron chi connectivity index (χ4n) is 1.66. The van der Waals surface area contributed by atoms with Gasteiger partial charge in [0.05, 0.1) is 13.2 Å². The molecule has 0 saturated carbocycles. The molecule has 0 aliphatic heterocycles. The number of amides is 1. The molecule has 0 bridgehead atoms. The molecule has 0 aromatic heterocycles. The van der Waals surface area contributed by atoms with Crippen LogP contribution in [0.25, 0.3) is 0 Å². The first kappa shape index (κ1) is 16.3. The van der Waals surface area contributed by atoms with Gasteiger partial charge in [-0.25, -0.2) is 0 Å². The van der Waals surface area contributed by atoms with E-state index in [2.05, 4.69) is 5.32 Å². The number of hydrogen-bond donors (Lipinski definition) is 2. The number of methoxy groups -OCH3 is 1. The number of carbonyl (C=O) groups excluding carboxylic acids is 1. The van der Waals surface area contributed by atoms with Crippen LogP contribution in [0.2, 0.25) is 0 Å². The average Bonchev–Trinajstić information content (AvgIpc) is 2.43. The molecule has 0 radical (unpaired) electrons. The third-order valence-electron chi connectivity index (χ3n) is 2.60. The topological polar surface area (TPSA) is 82.8 Å². The summed E-state index contributed by atoms with van der Waals surface area (Å²) < 4.78 is 15.9. The SMILES string of the molecule is CCOc1ccc(NC(=O)C(CN)OC)cc1OCC. The Labute approximate surface area is 119 Å². The zero-order valence-corrected chi connectivity index (χ0v) is 12.1. The monoisotopic (exact) mass is 282 g/mol. The molecule has 0 aliphatic rings. The molecule has 6 nitrogen and oxygen atoms in total. The molecule has 0 aliphatic carbocycles. The third kappa shape index (κ3) is 4.40. The highest BCUT2D eigenvalue weighted by atomic mass is 16.5. The van der Waals surface area contributed by atoms with Crippen LogP contribution in [0.4, 0.5) is 5.69 Å². The molecule has 1 aromatic carbocycles. The van der Waals surface area contributed by atoms with E-state index < -0.39 is 6.10 Å². The van der Waals surface area contributed by atoms with Crippen LogP contribution in [0.5, 0.6) is 11.5 Å². The highest BCUT2D eigenvalue weighted by Crippen LogP contribution is 2.30. The van der Waals surface area contributed by atoms with Crippen molar-refractivity contribution < 1.29 is 19.0 Å². The number of nitrogens with two attached hydrogens (primary N) is 1. The van der Waals surface area contributed by atoms with E-state index in [1.807, 2.05) is 13.8 Å². The van der Waals surface area contributed by atoms with Crippen molar-refractivity contribution in [3.05, 3.63) is 18.2 Å². The fourth-order valence-corrected chi connectivity index (χ4v) is 1.66. The van der Waals surface area contributed by atoms with Gasteiger partial charge in [0.15, 0.2) is 11.5 Å². The van der Waals surface area contributed by atoms with Gasteiger partial charge >= 0.3 is 0 Å². The Balaban J connectivity index is 2.85. The fraction of sp³-hybridized carbons (Fsp3) is 0.500. The van der Waals surface area contributed by atoms with Gasteiger partial charge in [-0.2, -0.15) is 0 Å². The highest BCUT2D eigenvalue weighted by molar-refractivity contribution is 5.94. The maximum atomic E-state index is 11.9. The Morgan fingerprint density at radius 1 is 1.25 bits per heavy atom. The van der Waals surface area contributed by atoms with Gasteiger partial charge in [0, 0.05) is 25.4 Å². The van der Waals surface area contributed by atoms with Crippen LogP contribution in [-0.4, -0.2) is 38.9 Å². The van der Waals surface area contributed by atoms with Gasteiger partial charge in [-0.3, -0.25) is 4.79 Å². The van der Waals surface area contributed by atoms with Crippen LogP contribution in [-0.2, 0) is 9.53 Å². The number of benzene rings is 1. The van der Waals surface area contributed by atoms with Crippen molar-refractivity contribution in [2.75, 3.05) is 32.2 Å². The largest absolute Gasteiger partial charge is 0.490 e. The molecule has 20 heavy (non-hydrogen) atoms. The normalized spacial score (nSPS) is 11.8. The quantitative estimate of drug-likeness (QED) is 0.753. The first-order chi connectivity index (χ1) is 9.65. The van der Waals surface area contributed by atoms with Crippen LogP contribution < -0.4 is 20.5 Å². The minimum atomic E-state index is -0.669. The molecule has 3 N–H and O–H groups in total. The Hall–Kier alpha value is -1.79. The van der Waals surface area contributed by atoms with Crippen LogP contribution in [0.15, 0.2) is 18.2 Å². The molecule has 0 spiro atoms. The van der Waals surface area contributed by atoms with Crippen LogP contribution in [0.3, 0.4) is 0 Å². The second kappa shape index (κ2) is 8.39. The maximum Gasteiger partial charge on any atom is 0.254 e. The summed E-state index contributed by atoms with van der Waals surface area (Å²) in [6, 6.07) is 5.22. The van der Waals surface area contributed by atoms with Crippen LogP contribution in [0.1, 0.15) is 13.8 Å². The minimum absolute atomic E-state index is 0.123. The molecule has 0 fully saturated rings. The summed E-state index contributed by atoms with van der Waals surface area (Å²) in [6.07, 6.45) is -0.669. The molecular weight excluding hydrogens is 260 g/mol. The summed E-state index contributed by atoms with van der Waals surface area (Å²) in [4.78, 5) is 11.9. The summed E-state index contributed by atoms with van der Waals surface area (Å²) in [6.45, 7) is 4.97. The van der Waals surface area contributed by atoms with Crippen molar-refractivity contribution in [3.63, 3.8) is 0 Å². The molecule has 1 aromatic rings. The zero-order valence-electron chi connectivity index (χ0n) is 12.1. The van der Waals surface area contributed by atoms with Crippen molar-refractivity contribution >= 4 is 11.6 Å². The van der Waals surface area contributed by atoms with E-state index in [0.717, 1.165) is 0 Å². The molecular formula is C14H22N2O4. The summed E-state index contributed by atoms with van der Waals surface area (Å²) in [7, 11) is 1.45. The number of rotatable bonds is 8. The van der Waals surface area contributed by atoms with Crippen LogP contribution in [0, 0.1) is 0 Å². The number of hydrogen-bond acceptors (Lipinski definition) is 5.